The summed E-state index contributed by atoms with van der Waals surface area (Å²) in [4.78, 5) is 0. The average Bonchev–Trinajstić information content (AvgIpc) is 4.27. The molecule has 0 saturated heterocycles. The minimum atomic E-state index is -0.107. The van der Waals surface area contributed by atoms with Gasteiger partial charge in [0.2, 0.25) is 0 Å². The Morgan fingerprint density at radius 2 is 0.459 bits per heavy atom. The van der Waals surface area contributed by atoms with Crippen LogP contribution < -0.4 is 0 Å². The summed E-state index contributed by atoms with van der Waals surface area (Å²) in [6.07, 6.45) is 0. The molecule has 0 bridgehead atoms. The van der Waals surface area contributed by atoms with Crippen molar-refractivity contribution in [3.05, 3.63) is 239 Å². The fourth-order valence-electron chi connectivity index (χ4n) is 15.0. The Bertz CT molecular complexity index is 3970. The van der Waals surface area contributed by atoms with Crippen LogP contribution in [0.15, 0.2) is 194 Å². The molecule has 2 aromatic heterocycles. The molecule has 10 aromatic carbocycles. The van der Waals surface area contributed by atoms with Gasteiger partial charge >= 0.3 is 0 Å². The minimum absolute atomic E-state index is 0.107. The van der Waals surface area contributed by atoms with Crippen LogP contribution in [-0.2, 0) is 21.7 Å². The Labute approximate surface area is 433 Å². The summed E-state index contributed by atoms with van der Waals surface area (Å²) in [5, 5.41) is 5.21. The molecule has 0 unspecified atom stereocenters. The third kappa shape index (κ3) is 5.21. The quantitative estimate of drug-likeness (QED) is 0.167. The lowest BCUT2D eigenvalue weighted by Crippen LogP contribution is -2.15. The van der Waals surface area contributed by atoms with Crippen LogP contribution in [0.3, 0.4) is 0 Å². The van der Waals surface area contributed by atoms with E-state index in [0.717, 1.165) is 0 Å². The number of fused-ring (bicyclic) bond motifs is 18. The molecule has 2 heterocycles. The lowest BCUT2D eigenvalue weighted by atomic mass is 9.82. The molecule has 0 fully saturated rings. The van der Waals surface area contributed by atoms with Crippen LogP contribution in [0.25, 0.3) is 111 Å². The second-order valence-electron chi connectivity index (χ2n) is 24.1. The maximum absolute atomic E-state index is 2.55. The molecule has 2 heteroatoms. The van der Waals surface area contributed by atoms with Crippen molar-refractivity contribution >= 4 is 43.6 Å². The molecule has 0 spiro atoms. The van der Waals surface area contributed by atoms with Crippen molar-refractivity contribution < 1.29 is 0 Å². The van der Waals surface area contributed by atoms with Gasteiger partial charge in [0.1, 0.15) is 0 Å². The van der Waals surface area contributed by atoms with Crippen LogP contribution >= 0.6 is 0 Å². The van der Waals surface area contributed by atoms with Gasteiger partial charge in [-0.15, -0.1) is 0 Å². The van der Waals surface area contributed by atoms with E-state index < -0.39 is 0 Å². The van der Waals surface area contributed by atoms with E-state index in [1.807, 2.05) is 0 Å². The van der Waals surface area contributed by atoms with Crippen LogP contribution in [0.4, 0.5) is 0 Å². The maximum atomic E-state index is 2.55. The molecule has 0 radical (unpaired) electrons. The summed E-state index contributed by atoms with van der Waals surface area (Å²) in [6.45, 7) is 19.1. The van der Waals surface area contributed by atoms with Crippen LogP contribution in [0, 0.1) is 0 Å². The minimum Gasteiger partial charge on any atom is -0.309 e. The number of rotatable bonds is 3. The number of benzene rings is 10. The van der Waals surface area contributed by atoms with E-state index in [-0.39, 0.29) is 21.7 Å². The standard InChI is InChI=1S/C72H56N2/c1-69(2)57-21-13-9-17-45(57)49-33-53-54-34-50-46-18-10-14-22-58(46)70(3,4)62(50)38-66(54)73(65(53)37-61(49)69)43-29-25-41(26-30-43)42-27-31-44(32-28-42)74-67-39-63-51(47-19-11-15-23-59(47)71(63,5)6)35-55(67)56-36-52-48-20-12-16-24-60(48)72(7,8)64(52)40-68(56)74/h9-40H,1-8H3. The maximum Gasteiger partial charge on any atom is 0.0544 e. The van der Waals surface area contributed by atoms with Gasteiger partial charge in [-0.25, -0.2) is 0 Å². The lowest BCUT2D eigenvalue weighted by Gasteiger charge is -2.22. The van der Waals surface area contributed by atoms with Crippen LogP contribution in [0.5, 0.6) is 0 Å². The molecule has 4 aliphatic rings. The normalized spacial score (nSPS) is 16.3. The first-order valence-corrected chi connectivity index (χ1v) is 26.7. The third-order valence-corrected chi connectivity index (χ3v) is 18.9. The Morgan fingerprint density at radius 3 is 0.703 bits per heavy atom. The second-order valence-corrected chi connectivity index (χ2v) is 24.1. The Morgan fingerprint density at radius 1 is 0.230 bits per heavy atom. The topological polar surface area (TPSA) is 9.86 Å². The van der Waals surface area contributed by atoms with E-state index in [1.165, 1.54) is 155 Å². The van der Waals surface area contributed by atoms with E-state index in [9.17, 15) is 0 Å². The molecule has 0 saturated carbocycles. The molecule has 12 aromatic rings. The Balaban J connectivity index is 0.846. The fourth-order valence-corrected chi connectivity index (χ4v) is 15.0. The monoisotopic (exact) mass is 948 g/mol. The molecule has 0 aliphatic heterocycles. The molecular weight excluding hydrogens is 893 g/mol. The summed E-state index contributed by atoms with van der Waals surface area (Å²) >= 11 is 0. The molecule has 4 aliphatic carbocycles. The molecule has 0 amide bonds. The highest BCUT2D eigenvalue weighted by molar-refractivity contribution is 6.15. The number of aromatic nitrogens is 2. The van der Waals surface area contributed by atoms with Gasteiger partial charge in [0.25, 0.3) is 0 Å². The van der Waals surface area contributed by atoms with E-state index in [4.69, 9.17) is 0 Å². The van der Waals surface area contributed by atoms with Gasteiger partial charge in [0, 0.05) is 54.6 Å². The number of hydrogen-bond donors (Lipinski definition) is 0. The van der Waals surface area contributed by atoms with E-state index in [1.54, 1.807) is 0 Å². The highest BCUT2D eigenvalue weighted by atomic mass is 15.0. The summed E-state index contributed by atoms with van der Waals surface area (Å²) in [6, 6.07) is 74.8. The van der Waals surface area contributed by atoms with Gasteiger partial charge in [0.15, 0.2) is 0 Å². The van der Waals surface area contributed by atoms with Crippen molar-refractivity contribution in [2.45, 2.75) is 77.0 Å². The van der Waals surface area contributed by atoms with Gasteiger partial charge < -0.3 is 9.13 Å². The first-order chi connectivity index (χ1) is 35.7. The average molecular weight is 949 g/mol. The lowest BCUT2D eigenvalue weighted by molar-refractivity contribution is 0.660. The SMILES string of the molecule is CC1(C)c2ccccc2-c2cc3c4cc5c(cc4n(-c4ccc(-c6ccc(-n7c8cc9c(cc8c8cc%10c(cc87)C(C)(C)c7ccccc7-%10)-c7ccccc7C9(C)C)cc6)cc4)c3cc21)C(C)(C)c1ccccc1-5. The number of nitrogens with zero attached hydrogens (tertiary/aromatic N) is 2. The van der Waals surface area contributed by atoms with Gasteiger partial charge in [-0.1, -0.05) is 177 Å². The zero-order chi connectivity index (χ0) is 49.9. The summed E-state index contributed by atoms with van der Waals surface area (Å²) in [5.74, 6) is 0. The van der Waals surface area contributed by atoms with Crippen molar-refractivity contribution in [2.24, 2.45) is 0 Å². The Hall–Kier alpha value is -8.20. The van der Waals surface area contributed by atoms with Gasteiger partial charge in [0.05, 0.1) is 22.1 Å². The largest absolute Gasteiger partial charge is 0.309 e. The van der Waals surface area contributed by atoms with Crippen molar-refractivity contribution in [3.63, 3.8) is 0 Å². The third-order valence-electron chi connectivity index (χ3n) is 18.9. The first kappa shape index (κ1) is 42.3. The molecule has 74 heavy (non-hydrogen) atoms. The van der Waals surface area contributed by atoms with Crippen LogP contribution in [0.2, 0.25) is 0 Å². The van der Waals surface area contributed by atoms with Gasteiger partial charge in [-0.05, 0) is 173 Å². The second kappa shape index (κ2) is 13.9. The van der Waals surface area contributed by atoms with Crippen LogP contribution in [0.1, 0.15) is 99.9 Å². The molecule has 0 N–H and O–H groups in total. The molecular formula is C72H56N2. The summed E-state index contributed by atoms with van der Waals surface area (Å²) < 4.78 is 5.09. The highest BCUT2D eigenvalue weighted by Gasteiger charge is 2.41. The highest BCUT2D eigenvalue weighted by Crippen LogP contribution is 2.56. The zero-order valence-corrected chi connectivity index (χ0v) is 43.4. The number of hydrogen-bond acceptors (Lipinski definition) is 0. The van der Waals surface area contributed by atoms with E-state index in [0.29, 0.717) is 0 Å². The molecule has 2 nitrogen and oxygen atoms in total. The van der Waals surface area contributed by atoms with Gasteiger partial charge in [-0.2, -0.15) is 0 Å². The predicted octanol–water partition coefficient (Wildman–Crippen LogP) is 18.8. The fraction of sp³-hybridized carbons (Fsp3) is 0.167. The Kier molecular flexibility index (Phi) is 7.94. The van der Waals surface area contributed by atoms with E-state index in [2.05, 4.69) is 259 Å². The van der Waals surface area contributed by atoms with Crippen molar-refractivity contribution in [1.82, 2.24) is 9.13 Å². The van der Waals surface area contributed by atoms with Crippen LogP contribution in [-0.4, -0.2) is 9.13 Å². The summed E-state index contributed by atoms with van der Waals surface area (Å²) in [7, 11) is 0. The van der Waals surface area contributed by atoms with E-state index >= 15 is 0 Å². The van der Waals surface area contributed by atoms with Crippen molar-refractivity contribution in [1.29, 1.82) is 0 Å². The molecule has 354 valence electrons. The van der Waals surface area contributed by atoms with Crippen molar-refractivity contribution in [2.75, 3.05) is 0 Å². The predicted molar refractivity (Wildman–Crippen MR) is 311 cm³/mol. The summed E-state index contributed by atoms with van der Waals surface area (Å²) in [5.41, 5.74) is 31.4. The molecule has 16 rings (SSSR count). The first-order valence-electron chi connectivity index (χ1n) is 26.7. The smallest absolute Gasteiger partial charge is 0.0544 e. The van der Waals surface area contributed by atoms with Crippen molar-refractivity contribution in [3.8, 4) is 67.0 Å². The zero-order valence-electron chi connectivity index (χ0n) is 43.4. The van der Waals surface area contributed by atoms with Gasteiger partial charge in [-0.3, -0.25) is 0 Å². The molecule has 0 atom stereocenters.